The van der Waals surface area contributed by atoms with Crippen molar-refractivity contribution in [3.05, 3.63) is 35.9 Å². The molecule has 2 amide bonds. The number of aliphatic hydroxyl groups excluding tert-OH is 1. The summed E-state index contributed by atoms with van der Waals surface area (Å²) in [6.07, 6.45) is -0.994. The summed E-state index contributed by atoms with van der Waals surface area (Å²) in [5.41, 5.74) is 0.944. The minimum Gasteiger partial charge on any atom is -0.465 e. The molecule has 0 saturated carbocycles. The van der Waals surface area contributed by atoms with Crippen LogP contribution in [0.5, 0.6) is 0 Å². The van der Waals surface area contributed by atoms with Crippen LogP contribution in [0, 0.1) is 5.92 Å². The lowest BCUT2D eigenvalue weighted by atomic mass is 9.99. The maximum absolute atomic E-state index is 12.1. The quantitative estimate of drug-likeness (QED) is 0.526. The third-order valence-electron chi connectivity index (χ3n) is 4.55. The highest BCUT2D eigenvalue weighted by molar-refractivity contribution is 5.83. The number of hydrogen-bond donors (Lipinski definition) is 4. The summed E-state index contributed by atoms with van der Waals surface area (Å²) in [5.74, 6) is 0.305. The second-order valence-corrected chi connectivity index (χ2v) is 7.26. The number of benzene rings is 1. The lowest BCUT2D eigenvalue weighted by Gasteiger charge is -2.33. The molecule has 7 nitrogen and oxygen atoms in total. The predicted molar refractivity (Wildman–Crippen MR) is 98.9 cm³/mol. The van der Waals surface area contributed by atoms with E-state index in [-0.39, 0.29) is 18.5 Å². The molecular formula is C19H29N3O4. The molecule has 0 aromatic heterocycles. The van der Waals surface area contributed by atoms with Gasteiger partial charge in [0, 0.05) is 19.6 Å². The van der Waals surface area contributed by atoms with Crippen molar-refractivity contribution >= 4 is 12.0 Å². The van der Waals surface area contributed by atoms with E-state index in [1.165, 1.54) is 0 Å². The first-order chi connectivity index (χ1) is 12.4. The minimum absolute atomic E-state index is 0.0244. The number of aliphatic hydroxyl groups is 1. The van der Waals surface area contributed by atoms with Crippen molar-refractivity contribution in [3.8, 4) is 0 Å². The summed E-state index contributed by atoms with van der Waals surface area (Å²) in [5, 5.41) is 25.1. The van der Waals surface area contributed by atoms with Crippen LogP contribution in [0.2, 0.25) is 0 Å². The van der Waals surface area contributed by atoms with Crippen LogP contribution in [-0.4, -0.2) is 64.9 Å². The van der Waals surface area contributed by atoms with E-state index < -0.39 is 18.2 Å². The van der Waals surface area contributed by atoms with E-state index in [1.54, 1.807) is 0 Å². The van der Waals surface area contributed by atoms with Gasteiger partial charge in [0.15, 0.2) is 0 Å². The molecule has 0 spiro atoms. The average molecular weight is 363 g/mol. The fourth-order valence-corrected chi connectivity index (χ4v) is 3.40. The molecule has 0 bridgehead atoms. The number of nitrogens with one attached hydrogen (secondary N) is 2. The first-order valence-electron chi connectivity index (χ1n) is 9.10. The molecule has 1 aliphatic heterocycles. The normalized spacial score (nSPS) is 19.4. The number of carboxylic acid groups (broad SMARTS) is 1. The zero-order valence-electron chi connectivity index (χ0n) is 15.4. The minimum atomic E-state index is -1.17. The third kappa shape index (κ3) is 6.00. The predicted octanol–water partition coefficient (Wildman–Crippen LogP) is 1.07. The van der Waals surface area contributed by atoms with Crippen molar-refractivity contribution in [2.75, 3.05) is 19.6 Å². The van der Waals surface area contributed by atoms with E-state index in [0.717, 1.165) is 5.56 Å². The molecule has 0 aliphatic carbocycles. The van der Waals surface area contributed by atoms with Gasteiger partial charge in [0.1, 0.15) is 0 Å². The van der Waals surface area contributed by atoms with Crippen molar-refractivity contribution in [2.24, 2.45) is 5.92 Å². The van der Waals surface area contributed by atoms with Gasteiger partial charge < -0.3 is 20.8 Å². The van der Waals surface area contributed by atoms with E-state index >= 15 is 0 Å². The number of hydrogen-bond acceptors (Lipinski definition) is 4. The van der Waals surface area contributed by atoms with Gasteiger partial charge in [-0.05, 0) is 24.3 Å². The Morgan fingerprint density at radius 2 is 2.00 bits per heavy atom. The topological polar surface area (TPSA) is 102 Å². The molecule has 4 N–H and O–H groups in total. The number of carbonyl (C=O) groups excluding carboxylic acids is 1. The van der Waals surface area contributed by atoms with Gasteiger partial charge in [-0.3, -0.25) is 9.69 Å². The summed E-state index contributed by atoms with van der Waals surface area (Å²) < 4.78 is 0. The zero-order chi connectivity index (χ0) is 19.1. The van der Waals surface area contributed by atoms with Gasteiger partial charge in [-0.1, -0.05) is 44.2 Å². The lowest BCUT2D eigenvalue weighted by Crippen LogP contribution is -2.53. The Bertz CT molecular complexity index is 594. The number of carbonyl (C=O) groups is 2. The van der Waals surface area contributed by atoms with Crippen LogP contribution in [0.4, 0.5) is 4.79 Å². The monoisotopic (exact) mass is 363 g/mol. The first-order valence-corrected chi connectivity index (χ1v) is 9.10. The molecule has 3 atom stereocenters. The van der Waals surface area contributed by atoms with E-state index in [2.05, 4.69) is 24.5 Å². The standard InChI is InChI=1S/C19H29N3O4/c1-13(2)11-22(16-8-9-20-18(16)24)12-17(23)15(21-19(25)26)10-14-6-4-3-5-7-14/h3-7,13,15-17,21,23H,8-12H2,1-2H3,(H,20,24)(H,25,26)/t15-,16-,17+/m0/s1. The van der Waals surface area contributed by atoms with Crippen molar-refractivity contribution in [1.82, 2.24) is 15.5 Å². The highest BCUT2D eigenvalue weighted by atomic mass is 16.4. The highest BCUT2D eigenvalue weighted by Gasteiger charge is 2.33. The van der Waals surface area contributed by atoms with Crippen LogP contribution >= 0.6 is 0 Å². The fraction of sp³-hybridized carbons (Fsp3) is 0.579. The van der Waals surface area contributed by atoms with Gasteiger partial charge in [0.2, 0.25) is 5.91 Å². The average Bonchev–Trinajstić information content (AvgIpc) is 2.99. The van der Waals surface area contributed by atoms with Crippen LogP contribution in [0.1, 0.15) is 25.8 Å². The molecule has 1 aliphatic rings. The highest BCUT2D eigenvalue weighted by Crippen LogP contribution is 2.15. The molecule has 0 unspecified atom stereocenters. The molecule has 26 heavy (non-hydrogen) atoms. The molecule has 1 fully saturated rings. The first kappa shape index (κ1) is 20.2. The lowest BCUT2D eigenvalue weighted by molar-refractivity contribution is -0.124. The molecule has 1 saturated heterocycles. The van der Waals surface area contributed by atoms with Crippen molar-refractivity contribution < 1.29 is 19.8 Å². The Labute approximate surface area is 154 Å². The SMILES string of the molecule is CC(C)CN(C[C@@H](O)[C@H](Cc1ccccc1)NC(=O)O)[C@H]1CCNC1=O. The number of amides is 2. The molecule has 7 heteroatoms. The van der Waals surface area contributed by atoms with Gasteiger partial charge in [-0.2, -0.15) is 0 Å². The Balaban J connectivity index is 2.09. The van der Waals surface area contributed by atoms with Gasteiger partial charge in [-0.15, -0.1) is 0 Å². The van der Waals surface area contributed by atoms with Crippen LogP contribution in [-0.2, 0) is 11.2 Å². The Kier molecular flexibility index (Phi) is 7.41. The summed E-state index contributed by atoms with van der Waals surface area (Å²) in [7, 11) is 0. The Hall–Kier alpha value is -2.12. The molecule has 144 valence electrons. The van der Waals surface area contributed by atoms with Crippen molar-refractivity contribution in [3.63, 3.8) is 0 Å². The third-order valence-corrected chi connectivity index (χ3v) is 4.55. The van der Waals surface area contributed by atoms with Crippen LogP contribution in [0.3, 0.4) is 0 Å². The van der Waals surface area contributed by atoms with Gasteiger partial charge in [-0.25, -0.2) is 4.79 Å². The summed E-state index contributed by atoms with van der Waals surface area (Å²) in [6, 6.07) is 8.55. The fourth-order valence-electron chi connectivity index (χ4n) is 3.40. The molecule has 0 radical (unpaired) electrons. The maximum atomic E-state index is 12.1. The Morgan fingerprint density at radius 1 is 1.31 bits per heavy atom. The van der Waals surface area contributed by atoms with Crippen LogP contribution in [0.25, 0.3) is 0 Å². The summed E-state index contributed by atoms with van der Waals surface area (Å²) in [6.45, 7) is 5.66. The van der Waals surface area contributed by atoms with Crippen LogP contribution in [0.15, 0.2) is 30.3 Å². The number of rotatable bonds is 9. The largest absolute Gasteiger partial charge is 0.465 e. The van der Waals surface area contributed by atoms with Crippen molar-refractivity contribution in [2.45, 2.75) is 44.9 Å². The summed E-state index contributed by atoms with van der Waals surface area (Å²) in [4.78, 5) is 25.2. The second kappa shape index (κ2) is 9.54. The molecular weight excluding hydrogens is 334 g/mol. The smallest absolute Gasteiger partial charge is 0.404 e. The molecule has 1 aromatic rings. The molecule has 1 aromatic carbocycles. The van der Waals surface area contributed by atoms with E-state index in [4.69, 9.17) is 5.11 Å². The molecule has 2 rings (SSSR count). The van der Waals surface area contributed by atoms with Gasteiger partial charge in [0.25, 0.3) is 0 Å². The number of nitrogens with zero attached hydrogens (tertiary/aromatic N) is 1. The van der Waals surface area contributed by atoms with E-state index in [9.17, 15) is 14.7 Å². The summed E-state index contributed by atoms with van der Waals surface area (Å²) >= 11 is 0. The molecule has 1 heterocycles. The van der Waals surface area contributed by atoms with E-state index in [0.29, 0.717) is 31.8 Å². The van der Waals surface area contributed by atoms with Crippen LogP contribution < -0.4 is 10.6 Å². The second-order valence-electron chi connectivity index (χ2n) is 7.26. The van der Waals surface area contributed by atoms with Gasteiger partial charge in [0.05, 0.1) is 18.2 Å². The van der Waals surface area contributed by atoms with E-state index in [1.807, 2.05) is 35.2 Å². The van der Waals surface area contributed by atoms with Gasteiger partial charge >= 0.3 is 6.09 Å². The maximum Gasteiger partial charge on any atom is 0.404 e. The zero-order valence-corrected chi connectivity index (χ0v) is 15.4. The Morgan fingerprint density at radius 3 is 2.54 bits per heavy atom. The van der Waals surface area contributed by atoms with Crippen molar-refractivity contribution in [1.29, 1.82) is 0 Å².